The summed E-state index contributed by atoms with van der Waals surface area (Å²) in [5.41, 5.74) is 6.14. The topological polar surface area (TPSA) is 59.7 Å². The molecule has 0 N–H and O–H groups in total. The first-order valence-electron chi connectivity index (χ1n) is 8.39. The van der Waals surface area contributed by atoms with Gasteiger partial charge in [0.2, 0.25) is 0 Å². The van der Waals surface area contributed by atoms with Gasteiger partial charge >= 0.3 is 0 Å². The van der Waals surface area contributed by atoms with Crippen LogP contribution in [0.2, 0.25) is 0 Å². The van der Waals surface area contributed by atoms with E-state index in [4.69, 9.17) is 0 Å². The van der Waals surface area contributed by atoms with Crippen LogP contribution in [0.15, 0.2) is 12.1 Å². The number of rotatable bonds is 4. The van der Waals surface area contributed by atoms with Gasteiger partial charge in [-0.15, -0.1) is 5.10 Å². The van der Waals surface area contributed by atoms with Gasteiger partial charge in [-0.2, -0.15) is 4.68 Å². The lowest BCUT2D eigenvalue weighted by Crippen LogP contribution is -2.23. The molecular formula is C18H24N6. The fourth-order valence-corrected chi connectivity index (χ4v) is 3.31. The molecule has 1 aromatic carbocycles. The molecule has 0 aliphatic heterocycles. The van der Waals surface area contributed by atoms with Gasteiger partial charge in [0.15, 0.2) is 17.0 Å². The van der Waals surface area contributed by atoms with Crippen LogP contribution in [0.4, 0.5) is 5.82 Å². The molecular weight excluding hydrogens is 300 g/mol. The number of fused-ring (bicyclic) bond motifs is 1. The number of hydrogen-bond donors (Lipinski definition) is 0. The van der Waals surface area contributed by atoms with Crippen molar-refractivity contribution in [2.75, 3.05) is 18.0 Å². The largest absolute Gasteiger partial charge is 0.355 e. The van der Waals surface area contributed by atoms with Gasteiger partial charge in [0, 0.05) is 13.1 Å². The fourth-order valence-electron chi connectivity index (χ4n) is 3.31. The summed E-state index contributed by atoms with van der Waals surface area (Å²) in [5.74, 6) is 1.59. The highest BCUT2D eigenvalue weighted by atomic mass is 15.5. The summed E-state index contributed by atoms with van der Waals surface area (Å²) in [6, 6.07) is 4.32. The number of nitrogens with zero attached hydrogens (tertiary/aromatic N) is 6. The maximum Gasteiger partial charge on any atom is 0.189 e. The van der Waals surface area contributed by atoms with Crippen molar-refractivity contribution in [2.24, 2.45) is 0 Å². The number of benzene rings is 1. The van der Waals surface area contributed by atoms with Crippen LogP contribution in [0.3, 0.4) is 0 Å². The highest BCUT2D eigenvalue weighted by Crippen LogP contribution is 2.27. The Morgan fingerprint density at radius 1 is 0.958 bits per heavy atom. The molecule has 3 aromatic rings. The van der Waals surface area contributed by atoms with Gasteiger partial charge in [-0.1, -0.05) is 22.9 Å². The van der Waals surface area contributed by atoms with Crippen molar-refractivity contribution in [2.45, 2.75) is 41.5 Å². The van der Waals surface area contributed by atoms with Crippen LogP contribution >= 0.6 is 0 Å². The molecule has 3 rings (SSSR count). The van der Waals surface area contributed by atoms with Crippen molar-refractivity contribution in [3.8, 4) is 5.69 Å². The molecule has 0 unspecified atom stereocenters. The SMILES string of the molecule is CCN(CC)c1nc(C)nc2c1nnn2-c1c(C)cc(C)cc1C. The Labute approximate surface area is 142 Å². The average molecular weight is 324 g/mol. The molecule has 0 bridgehead atoms. The van der Waals surface area contributed by atoms with Crippen molar-refractivity contribution < 1.29 is 0 Å². The Hall–Kier alpha value is -2.50. The predicted molar refractivity (Wildman–Crippen MR) is 97.0 cm³/mol. The predicted octanol–water partition coefficient (Wildman–Crippen LogP) is 3.29. The van der Waals surface area contributed by atoms with Crippen LogP contribution in [-0.4, -0.2) is 38.1 Å². The number of hydrogen-bond acceptors (Lipinski definition) is 5. The average Bonchev–Trinajstić information content (AvgIpc) is 2.91. The number of aromatic nitrogens is 5. The van der Waals surface area contributed by atoms with E-state index in [2.05, 4.69) is 71.9 Å². The first-order valence-corrected chi connectivity index (χ1v) is 8.39. The first kappa shape index (κ1) is 16.4. The zero-order valence-corrected chi connectivity index (χ0v) is 15.3. The molecule has 24 heavy (non-hydrogen) atoms. The molecule has 2 aromatic heterocycles. The third kappa shape index (κ3) is 2.62. The molecule has 6 heteroatoms. The Morgan fingerprint density at radius 2 is 1.58 bits per heavy atom. The molecule has 0 fully saturated rings. The van der Waals surface area contributed by atoms with Gasteiger partial charge in [0.05, 0.1) is 5.69 Å². The third-order valence-electron chi connectivity index (χ3n) is 4.30. The first-order chi connectivity index (χ1) is 11.5. The summed E-state index contributed by atoms with van der Waals surface area (Å²) in [6.07, 6.45) is 0. The maximum absolute atomic E-state index is 4.63. The normalized spacial score (nSPS) is 11.2. The van der Waals surface area contributed by atoms with Crippen LogP contribution in [-0.2, 0) is 0 Å². The second-order valence-electron chi connectivity index (χ2n) is 6.19. The molecule has 0 radical (unpaired) electrons. The van der Waals surface area contributed by atoms with Gasteiger partial charge < -0.3 is 4.90 Å². The quantitative estimate of drug-likeness (QED) is 0.737. The summed E-state index contributed by atoms with van der Waals surface area (Å²) >= 11 is 0. The van der Waals surface area contributed by atoms with Crippen molar-refractivity contribution in [3.05, 3.63) is 34.6 Å². The summed E-state index contributed by atoms with van der Waals surface area (Å²) in [5, 5.41) is 8.81. The lowest BCUT2D eigenvalue weighted by atomic mass is 10.1. The van der Waals surface area contributed by atoms with E-state index in [9.17, 15) is 0 Å². The zero-order chi connectivity index (χ0) is 17.4. The van der Waals surface area contributed by atoms with Crippen LogP contribution in [0, 0.1) is 27.7 Å². The van der Waals surface area contributed by atoms with Crippen LogP contribution in [0.5, 0.6) is 0 Å². The highest BCUT2D eigenvalue weighted by molar-refractivity contribution is 5.84. The van der Waals surface area contributed by atoms with Crippen molar-refractivity contribution in [3.63, 3.8) is 0 Å². The Bertz CT molecular complexity index is 869. The van der Waals surface area contributed by atoms with Crippen LogP contribution < -0.4 is 4.90 Å². The Kier molecular flexibility index (Phi) is 4.22. The van der Waals surface area contributed by atoms with Gasteiger partial charge in [-0.25, -0.2) is 9.97 Å². The third-order valence-corrected chi connectivity index (χ3v) is 4.30. The molecule has 0 spiro atoms. The lowest BCUT2D eigenvalue weighted by Gasteiger charge is -2.20. The smallest absolute Gasteiger partial charge is 0.189 e. The minimum absolute atomic E-state index is 0.732. The number of aryl methyl sites for hydroxylation is 4. The molecule has 126 valence electrons. The molecule has 0 saturated carbocycles. The van der Waals surface area contributed by atoms with Gasteiger partial charge in [-0.3, -0.25) is 0 Å². The number of anilines is 1. The van der Waals surface area contributed by atoms with E-state index in [0.717, 1.165) is 41.6 Å². The van der Waals surface area contributed by atoms with Crippen molar-refractivity contribution in [1.29, 1.82) is 0 Å². The monoisotopic (exact) mass is 324 g/mol. The molecule has 0 aliphatic rings. The van der Waals surface area contributed by atoms with Gasteiger partial charge in [0.1, 0.15) is 5.82 Å². The van der Waals surface area contributed by atoms with Crippen molar-refractivity contribution in [1.82, 2.24) is 25.0 Å². The molecule has 0 saturated heterocycles. The Balaban J connectivity index is 2.29. The fraction of sp³-hybridized carbons (Fsp3) is 0.444. The standard InChI is InChI=1S/C18H24N6/c1-7-23(8-2)17-15-18(20-14(6)19-17)24(22-21-15)16-12(4)9-11(3)10-13(16)5/h9-10H,7-8H2,1-6H3. The summed E-state index contributed by atoms with van der Waals surface area (Å²) in [4.78, 5) is 11.4. The van der Waals surface area contributed by atoms with E-state index in [1.54, 1.807) is 0 Å². The molecule has 0 atom stereocenters. The van der Waals surface area contributed by atoms with E-state index >= 15 is 0 Å². The molecule has 6 nitrogen and oxygen atoms in total. The van der Waals surface area contributed by atoms with Crippen LogP contribution in [0.25, 0.3) is 16.9 Å². The maximum atomic E-state index is 4.63. The highest BCUT2D eigenvalue weighted by Gasteiger charge is 2.19. The van der Waals surface area contributed by atoms with E-state index in [0.29, 0.717) is 0 Å². The van der Waals surface area contributed by atoms with Crippen LogP contribution in [0.1, 0.15) is 36.4 Å². The second-order valence-corrected chi connectivity index (χ2v) is 6.19. The zero-order valence-electron chi connectivity index (χ0n) is 15.3. The van der Waals surface area contributed by atoms with E-state index in [1.165, 1.54) is 16.7 Å². The van der Waals surface area contributed by atoms with Gasteiger partial charge in [-0.05, 0) is 52.7 Å². The van der Waals surface area contributed by atoms with E-state index in [1.807, 2.05) is 11.6 Å². The van der Waals surface area contributed by atoms with E-state index < -0.39 is 0 Å². The van der Waals surface area contributed by atoms with Crippen molar-refractivity contribution >= 4 is 17.0 Å². The summed E-state index contributed by atoms with van der Waals surface area (Å²) < 4.78 is 1.85. The minimum atomic E-state index is 0.732. The molecule has 0 aliphatic carbocycles. The lowest BCUT2D eigenvalue weighted by molar-refractivity contribution is 0.805. The molecule has 2 heterocycles. The second kappa shape index (κ2) is 6.19. The molecule has 0 amide bonds. The summed E-state index contributed by atoms with van der Waals surface area (Å²) in [7, 11) is 0. The minimum Gasteiger partial charge on any atom is -0.355 e. The summed E-state index contributed by atoms with van der Waals surface area (Å²) in [6.45, 7) is 14.2. The van der Waals surface area contributed by atoms with E-state index in [-0.39, 0.29) is 0 Å². The Morgan fingerprint density at radius 3 is 2.17 bits per heavy atom. The van der Waals surface area contributed by atoms with Gasteiger partial charge in [0.25, 0.3) is 0 Å².